The largest absolute Gasteiger partial charge is 0.396 e. The summed E-state index contributed by atoms with van der Waals surface area (Å²) < 4.78 is 0. The van der Waals surface area contributed by atoms with Gasteiger partial charge in [0.2, 0.25) is 0 Å². The van der Waals surface area contributed by atoms with Crippen LogP contribution in [-0.2, 0) is 0 Å². The summed E-state index contributed by atoms with van der Waals surface area (Å²) in [6.45, 7) is 2.79. The van der Waals surface area contributed by atoms with Crippen molar-refractivity contribution in [1.82, 2.24) is 10.3 Å². The van der Waals surface area contributed by atoms with E-state index in [4.69, 9.17) is 5.11 Å². The quantitative estimate of drug-likeness (QED) is 0.794. The molecule has 1 aromatic carbocycles. The maximum absolute atomic E-state index is 12.1. The number of hydrogen-bond donors (Lipinski definition) is 2. The molecule has 2 N–H and O–H groups in total. The van der Waals surface area contributed by atoms with Gasteiger partial charge in [-0.3, -0.25) is 9.78 Å². The molecule has 2 aromatic rings. The predicted molar refractivity (Wildman–Crippen MR) is 79.6 cm³/mol. The van der Waals surface area contributed by atoms with E-state index in [0.29, 0.717) is 12.2 Å². The molecule has 1 unspecified atom stereocenters. The highest BCUT2D eigenvalue weighted by Gasteiger charge is 2.10. The van der Waals surface area contributed by atoms with Crippen molar-refractivity contribution in [2.75, 3.05) is 13.2 Å². The fourth-order valence-corrected chi connectivity index (χ4v) is 2.13. The second-order valence-corrected chi connectivity index (χ2v) is 5.07. The minimum Gasteiger partial charge on any atom is -0.396 e. The molecule has 0 aliphatic rings. The fourth-order valence-electron chi connectivity index (χ4n) is 2.13. The Kier molecular flexibility index (Phi) is 5.07. The number of benzene rings is 1. The molecular weight excluding hydrogens is 252 g/mol. The Morgan fingerprint density at radius 1 is 1.35 bits per heavy atom. The van der Waals surface area contributed by atoms with E-state index >= 15 is 0 Å². The molecule has 0 aliphatic heterocycles. The third-order valence-electron chi connectivity index (χ3n) is 3.36. The van der Waals surface area contributed by atoms with E-state index in [1.165, 1.54) is 0 Å². The average Bonchev–Trinajstić information content (AvgIpc) is 2.50. The van der Waals surface area contributed by atoms with E-state index in [1.54, 1.807) is 6.20 Å². The van der Waals surface area contributed by atoms with Gasteiger partial charge in [0, 0.05) is 24.7 Å². The van der Waals surface area contributed by atoms with Gasteiger partial charge in [0.15, 0.2) is 0 Å². The van der Waals surface area contributed by atoms with Gasteiger partial charge in [-0.25, -0.2) is 0 Å². The molecular formula is C16H20N2O2. The van der Waals surface area contributed by atoms with Gasteiger partial charge in [0.05, 0.1) is 0 Å². The summed E-state index contributed by atoms with van der Waals surface area (Å²) in [5.74, 6) is 0.140. The zero-order chi connectivity index (χ0) is 14.4. The number of rotatable bonds is 6. The lowest BCUT2D eigenvalue weighted by molar-refractivity contribution is 0.0949. The molecule has 0 aliphatic carbocycles. The summed E-state index contributed by atoms with van der Waals surface area (Å²) >= 11 is 0. The predicted octanol–water partition coefficient (Wildman–Crippen LogP) is 2.37. The number of amides is 1. The molecule has 1 amide bonds. The lowest BCUT2D eigenvalue weighted by Gasteiger charge is -2.09. The SMILES string of the molecule is CC(CO)CCCNC(=O)c1nccc2ccccc12. The van der Waals surface area contributed by atoms with Crippen LogP contribution in [0.5, 0.6) is 0 Å². The van der Waals surface area contributed by atoms with E-state index in [9.17, 15) is 4.79 Å². The van der Waals surface area contributed by atoms with E-state index < -0.39 is 0 Å². The van der Waals surface area contributed by atoms with Gasteiger partial charge in [-0.2, -0.15) is 0 Å². The maximum Gasteiger partial charge on any atom is 0.270 e. The molecule has 1 aromatic heterocycles. The fraction of sp³-hybridized carbons (Fsp3) is 0.375. The van der Waals surface area contributed by atoms with Crippen molar-refractivity contribution in [3.05, 3.63) is 42.2 Å². The van der Waals surface area contributed by atoms with E-state index in [1.807, 2.05) is 37.3 Å². The van der Waals surface area contributed by atoms with E-state index in [-0.39, 0.29) is 18.4 Å². The highest BCUT2D eigenvalue weighted by atomic mass is 16.3. The first-order chi connectivity index (χ1) is 9.72. The number of nitrogens with zero attached hydrogens (tertiary/aromatic N) is 1. The van der Waals surface area contributed by atoms with Gasteiger partial charge < -0.3 is 10.4 Å². The van der Waals surface area contributed by atoms with Crippen LogP contribution in [-0.4, -0.2) is 29.1 Å². The number of carbonyl (C=O) groups excluding carboxylic acids is 1. The molecule has 0 bridgehead atoms. The van der Waals surface area contributed by atoms with Gasteiger partial charge in [0.25, 0.3) is 5.91 Å². The first-order valence-electron chi connectivity index (χ1n) is 6.95. The molecule has 4 heteroatoms. The molecule has 1 atom stereocenters. The van der Waals surface area contributed by atoms with Crippen molar-refractivity contribution in [3.63, 3.8) is 0 Å². The lowest BCUT2D eigenvalue weighted by atomic mass is 10.1. The highest BCUT2D eigenvalue weighted by molar-refractivity contribution is 6.05. The van der Waals surface area contributed by atoms with Crippen molar-refractivity contribution >= 4 is 16.7 Å². The first-order valence-corrected chi connectivity index (χ1v) is 6.95. The van der Waals surface area contributed by atoms with Crippen LogP contribution in [0.3, 0.4) is 0 Å². The van der Waals surface area contributed by atoms with Crippen LogP contribution in [0, 0.1) is 5.92 Å². The third kappa shape index (κ3) is 3.54. The Labute approximate surface area is 118 Å². The summed E-state index contributed by atoms with van der Waals surface area (Å²) in [5.41, 5.74) is 0.471. The van der Waals surface area contributed by atoms with Crippen molar-refractivity contribution in [2.24, 2.45) is 5.92 Å². The minimum atomic E-state index is -0.140. The van der Waals surface area contributed by atoms with Gasteiger partial charge in [-0.05, 0) is 30.2 Å². The van der Waals surface area contributed by atoms with Gasteiger partial charge >= 0.3 is 0 Å². The average molecular weight is 272 g/mol. The number of aromatic nitrogens is 1. The van der Waals surface area contributed by atoms with E-state index in [2.05, 4.69) is 10.3 Å². The first kappa shape index (κ1) is 14.5. The molecule has 0 saturated heterocycles. The Bertz CT molecular complexity index is 578. The molecule has 20 heavy (non-hydrogen) atoms. The molecule has 0 radical (unpaired) electrons. The van der Waals surface area contributed by atoms with Crippen LogP contribution in [0.25, 0.3) is 10.8 Å². The van der Waals surface area contributed by atoms with Crippen LogP contribution in [0.1, 0.15) is 30.3 Å². The number of nitrogens with one attached hydrogen (secondary N) is 1. The zero-order valence-electron chi connectivity index (χ0n) is 11.7. The Morgan fingerprint density at radius 2 is 2.15 bits per heavy atom. The Balaban J connectivity index is 1.98. The summed E-state index contributed by atoms with van der Waals surface area (Å²) in [6, 6.07) is 9.63. The van der Waals surface area contributed by atoms with Crippen LogP contribution in [0.2, 0.25) is 0 Å². The van der Waals surface area contributed by atoms with Crippen molar-refractivity contribution in [3.8, 4) is 0 Å². The zero-order valence-corrected chi connectivity index (χ0v) is 11.7. The number of aliphatic hydroxyl groups is 1. The molecule has 106 valence electrons. The number of fused-ring (bicyclic) bond motifs is 1. The van der Waals surface area contributed by atoms with Crippen molar-refractivity contribution < 1.29 is 9.90 Å². The maximum atomic E-state index is 12.1. The second kappa shape index (κ2) is 7.01. The number of hydrogen-bond acceptors (Lipinski definition) is 3. The van der Waals surface area contributed by atoms with Crippen molar-refractivity contribution in [2.45, 2.75) is 19.8 Å². The summed E-state index contributed by atoms with van der Waals surface area (Å²) in [5, 5.41) is 13.7. The number of aliphatic hydroxyl groups excluding tert-OH is 1. The van der Waals surface area contributed by atoms with Crippen LogP contribution < -0.4 is 5.32 Å². The standard InChI is InChI=1S/C16H20N2O2/c1-12(11-19)5-4-9-18-16(20)15-14-7-3-2-6-13(14)8-10-17-15/h2-3,6-8,10,12,19H,4-5,9,11H2,1H3,(H,18,20). The van der Waals surface area contributed by atoms with E-state index in [0.717, 1.165) is 23.6 Å². The van der Waals surface area contributed by atoms with Gasteiger partial charge in [-0.15, -0.1) is 0 Å². The molecule has 1 heterocycles. The summed E-state index contributed by atoms with van der Waals surface area (Å²) in [6.07, 6.45) is 3.42. The molecule has 0 spiro atoms. The second-order valence-electron chi connectivity index (χ2n) is 5.07. The van der Waals surface area contributed by atoms with Gasteiger partial charge in [0.1, 0.15) is 5.69 Å². The normalized spacial score (nSPS) is 12.3. The molecule has 0 saturated carbocycles. The van der Waals surface area contributed by atoms with Gasteiger partial charge in [-0.1, -0.05) is 31.2 Å². The highest BCUT2D eigenvalue weighted by Crippen LogP contribution is 2.16. The van der Waals surface area contributed by atoms with Crippen molar-refractivity contribution in [1.29, 1.82) is 0 Å². The molecule has 0 fully saturated rings. The topological polar surface area (TPSA) is 62.2 Å². The Morgan fingerprint density at radius 3 is 2.95 bits per heavy atom. The smallest absolute Gasteiger partial charge is 0.270 e. The van der Waals surface area contributed by atoms with Crippen LogP contribution in [0.4, 0.5) is 0 Å². The summed E-state index contributed by atoms with van der Waals surface area (Å²) in [4.78, 5) is 16.3. The monoisotopic (exact) mass is 272 g/mol. The minimum absolute atomic E-state index is 0.140. The third-order valence-corrected chi connectivity index (χ3v) is 3.36. The Hall–Kier alpha value is -1.94. The molecule has 2 rings (SSSR count). The van der Waals surface area contributed by atoms with Crippen LogP contribution in [0.15, 0.2) is 36.5 Å². The molecule has 4 nitrogen and oxygen atoms in total. The lowest BCUT2D eigenvalue weighted by Crippen LogP contribution is -2.26. The summed E-state index contributed by atoms with van der Waals surface area (Å²) in [7, 11) is 0. The number of carbonyl (C=O) groups is 1. The van der Waals surface area contributed by atoms with Crippen LogP contribution >= 0.6 is 0 Å². The number of pyridine rings is 1.